The van der Waals surface area contributed by atoms with Gasteiger partial charge in [0.2, 0.25) is 5.91 Å². The molecule has 1 aliphatic rings. The summed E-state index contributed by atoms with van der Waals surface area (Å²) in [5.41, 5.74) is 1.11. The highest BCUT2D eigenvalue weighted by molar-refractivity contribution is 6.42. The van der Waals surface area contributed by atoms with Crippen LogP contribution >= 0.6 is 23.2 Å². The average Bonchev–Trinajstić information content (AvgIpc) is 3.25. The molecule has 0 aliphatic carbocycles. The third-order valence-electron chi connectivity index (χ3n) is 4.26. The van der Waals surface area contributed by atoms with Crippen LogP contribution in [0.4, 0.5) is 0 Å². The summed E-state index contributed by atoms with van der Waals surface area (Å²) in [5.74, 6) is 0.731. The zero-order valence-corrected chi connectivity index (χ0v) is 14.8. The van der Waals surface area contributed by atoms with E-state index in [0.29, 0.717) is 35.2 Å². The lowest BCUT2D eigenvalue weighted by Crippen LogP contribution is -2.30. The van der Waals surface area contributed by atoms with Crippen LogP contribution in [0.1, 0.15) is 37.4 Å². The van der Waals surface area contributed by atoms with Gasteiger partial charge in [0.05, 0.1) is 17.7 Å². The lowest BCUT2D eigenvalue weighted by atomic mass is 10.1. The molecule has 4 nitrogen and oxygen atoms in total. The van der Waals surface area contributed by atoms with Crippen molar-refractivity contribution in [3.8, 4) is 5.75 Å². The Morgan fingerprint density at radius 3 is 2.96 bits per heavy atom. The number of aromatic nitrogens is 1. The van der Waals surface area contributed by atoms with E-state index in [0.717, 1.165) is 25.1 Å². The van der Waals surface area contributed by atoms with E-state index >= 15 is 0 Å². The number of benzene rings is 1. The van der Waals surface area contributed by atoms with E-state index in [-0.39, 0.29) is 11.9 Å². The number of nitrogens with zero attached hydrogens (tertiary/aromatic N) is 1. The molecule has 1 amide bonds. The van der Waals surface area contributed by atoms with Crippen LogP contribution in [-0.4, -0.2) is 28.9 Å². The minimum Gasteiger partial charge on any atom is -0.492 e. The maximum atomic E-state index is 12.5. The molecule has 128 valence electrons. The van der Waals surface area contributed by atoms with Gasteiger partial charge in [-0.05, 0) is 43.5 Å². The Labute approximate surface area is 151 Å². The maximum absolute atomic E-state index is 12.5. The summed E-state index contributed by atoms with van der Waals surface area (Å²) in [6.07, 6.45) is 5.08. The fourth-order valence-electron chi connectivity index (χ4n) is 3.08. The first kappa shape index (κ1) is 17.2. The van der Waals surface area contributed by atoms with Crippen LogP contribution in [-0.2, 0) is 4.79 Å². The van der Waals surface area contributed by atoms with Crippen molar-refractivity contribution in [3.05, 3.63) is 52.3 Å². The van der Waals surface area contributed by atoms with Crippen LogP contribution in [0.5, 0.6) is 5.75 Å². The fraction of sp³-hybridized carbons (Fsp3) is 0.389. The van der Waals surface area contributed by atoms with E-state index in [9.17, 15) is 4.79 Å². The Morgan fingerprint density at radius 1 is 1.29 bits per heavy atom. The fourth-order valence-corrected chi connectivity index (χ4v) is 3.43. The molecule has 0 bridgehead atoms. The molecule has 3 rings (SSSR count). The Morgan fingerprint density at radius 2 is 2.17 bits per heavy atom. The standard InChI is InChI=1S/C18H20Cl2N2O2/c19-13-5-1-8-16(18(13)20)24-12-4-9-17(23)22-11-3-7-15(22)14-6-2-10-21-14/h1-2,5-6,8,10,15,21H,3-4,7,9,11-12H2. The molecular weight excluding hydrogens is 347 g/mol. The van der Waals surface area contributed by atoms with Gasteiger partial charge in [-0.25, -0.2) is 0 Å². The predicted octanol–water partition coefficient (Wildman–Crippen LogP) is 4.84. The van der Waals surface area contributed by atoms with Gasteiger partial charge in [-0.2, -0.15) is 0 Å². The van der Waals surface area contributed by atoms with E-state index < -0.39 is 0 Å². The normalized spacial score (nSPS) is 17.2. The van der Waals surface area contributed by atoms with Crippen molar-refractivity contribution in [2.75, 3.05) is 13.2 Å². The lowest BCUT2D eigenvalue weighted by molar-refractivity contribution is -0.132. The smallest absolute Gasteiger partial charge is 0.223 e. The largest absolute Gasteiger partial charge is 0.492 e. The highest BCUT2D eigenvalue weighted by atomic mass is 35.5. The number of carbonyl (C=O) groups excluding carboxylic acids is 1. The van der Waals surface area contributed by atoms with Gasteiger partial charge in [-0.3, -0.25) is 4.79 Å². The minimum atomic E-state index is 0.174. The minimum absolute atomic E-state index is 0.174. The summed E-state index contributed by atoms with van der Waals surface area (Å²) in [6.45, 7) is 1.26. The first-order valence-electron chi connectivity index (χ1n) is 8.16. The van der Waals surface area contributed by atoms with Crippen molar-refractivity contribution >= 4 is 29.1 Å². The van der Waals surface area contributed by atoms with Crippen LogP contribution in [0.15, 0.2) is 36.5 Å². The molecule has 2 aromatic rings. The summed E-state index contributed by atoms with van der Waals surface area (Å²) in [5, 5.41) is 0.882. The molecule has 1 aromatic heterocycles. The molecule has 2 heterocycles. The van der Waals surface area contributed by atoms with Gasteiger partial charge in [-0.15, -0.1) is 0 Å². The highest BCUT2D eigenvalue weighted by Gasteiger charge is 2.29. The van der Waals surface area contributed by atoms with Gasteiger partial charge in [0.1, 0.15) is 10.8 Å². The van der Waals surface area contributed by atoms with Gasteiger partial charge in [-0.1, -0.05) is 29.3 Å². The first-order chi connectivity index (χ1) is 11.7. The molecule has 6 heteroatoms. The van der Waals surface area contributed by atoms with Crippen LogP contribution in [0.2, 0.25) is 10.0 Å². The summed E-state index contributed by atoms with van der Waals surface area (Å²) < 4.78 is 5.64. The molecule has 0 radical (unpaired) electrons. The van der Waals surface area contributed by atoms with E-state index in [2.05, 4.69) is 4.98 Å². The van der Waals surface area contributed by atoms with Crippen LogP contribution < -0.4 is 4.74 Å². The number of carbonyl (C=O) groups is 1. The molecule has 1 aromatic carbocycles. The number of nitrogens with one attached hydrogen (secondary N) is 1. The molecule has 1 fully saturated rings. The second-order valence-electron chi connectivity index (χ2n) is 5.87. The molecular formula is C18H20Cl2N2O2. The Kier molecular flexibility index (Phi) is 5.69. The van der Waals surface area contributed by atoms with E-state index in [4.69, 9.17) is 27.9 Å². The van der Waals surface area contributed by atoms with E-state index in [1.807, 2.05) is 23.2 Å². The number of amides is 1. The van der Waals surface area contributed by atoms with Crippen LogP contribution in [0.3, 0.4) is 0 Å². The van der Waals surface area contributed by atoms with E-state index in [1.165, 1.54) is 0 Å². The Balaban J connectivity index is 1.48. The van der Waals surface area contributed by atoms with Crippen molar-refractivity contribution in [3.63, 3.8) is 0 Å². The zero-order valence-electron chi connectivity index (χ0n) is 13.3. The number of halogens is 2. The predicted molar refractivity (Wildman–Crippen MR) is 95.7 cm³/mol. The number of rotatable bonds is 6. The molecule has 0 spiro atoms. The van der Waals surface area contributed by atoms with Gasteiger partial charge in [0, 0.05) is 24.9 Å². The summed E-state index contributed by atoms with van der Waals surface area (Å²) >= 11 is 12.0. The zero-order chi connectivity index (χ0) is 16.9. The van der Waals surface area contributed by atoms with Crippen molar-refractivity contribution in [2.24, 2.45) is 0 Å². The number of ether oxygens (including phenoxy) is 1. The topological polar surface area (TPSA) is 45.3 Å². The molecule has 0 saturated carbocycles. The monoisotopic (exact) mass is 366 g/mol. The van der Waals surface area contributed by atoms with Gasteiger partial charge in [0.25, 0.3) is 0 Å². The van der Waals surface area contributed by atoms with Crippen LogP contribution in [0, 0.1) is 0 Å². The summed E-state index contributed by atoms with van der Waals surface area (Å²) in [7, 11) is 0. The molecule has 1 aliphatic heterocycles. The van der Waals surface area contributed by atoms with Crippen molar-refractivity contribution < 1.29 is 9.53 Å². The van der Waals surface area contributed by atoms with Gasteiger partial charge >= 0.3 is 0 Å². The first-order valence-corrected chi connectivity index (χ1v) is 8.92. The molecule has 1 unspecified atom stereocenters. The average molecular weight is 367 g/mol. The van der Waals surface area contributed by atoms with Crippen LogP contribution in [0.25, 0.3) is 0 Å². The molecule has 1 saturated heterocycles. The quantitative estimate of drug-likeness (QED) is 0.743. The van der Waals surface area contributed by atoms with Gasteiger partial charge < -0.3 is 14.6 Å². The molecule has 1 N–H and O–H groups in total. The Hall–Kier alpha value is -1.65. The Bertz CT molecular complexity index is 688. The van der Waals surface area contributed by atoms with Crippen molar-refractivity contribution in [1.29, 1.82) is 0 Å². The third kappa shape index (κ3) is 3.87. The number of hydrogen-bond acceptors (Lipinski definition) is 2. The lowest BCUT2D eigenvalue weighted by Gasteiger charge is -2.24. The van der Waals surface area contributed by atoms with Gasteiger partial charge in [0.15, 0.2) is 0 Å². The number of hydrogen-bond donors (Lipinski definition) is 1. The SMILES string of the molecule is O=C(CCCOc1cccc(Cl)c1Cl)N1CCCC1c1ccc[nH]1. The summed E-state index contributed by atoms with van der Waals surface area (Å²) in [4.78, 5) is 17.7. The number of aromatic amines is 1. The summed E-state index contributed by atoms with van der Waals surface area (Å²) in [6, 6.07) is 9.47. The second kappa shape index (κ2) is 7.95. The number of likely N-dealkylation sites (tertiary alicyclic amines) is 1. The van der Waals surface area contributed by atoms with Crippen molar-refractivity contribution in [1.82, 2.24) is 9.88 Å². The molecule has 24 heavy (non-hydrogen) atoms. The van der Waals surface area contributed by atoms with Crippen molar-refractivity contribution in [2.45, 2.75) is 31.7 Å². The third-order valence-corrected chi connectivity index (χ3v) is 5.06. The molecule has 1 atom stereocenters. The van der Waals surface area contributed by atoms with E-state index in [1.54, 1.807) is 18.2 Å². The number of H-pyrrole nitrogens is 1. The second-order valence-corrected chi connectivity index (χ2v) is 6.66. The highest BCUT2D eigenvalue weighted by Crippen LogP contribution is 2.32. The maximum Gasteiger partial charge on any atom is 0.223 e.